The van der Waals surface area contributed by atoms with Crippen molar-refractivity contribution < 1.29 is 28.5 Å². The van der Waals surface area contributed by atoms with Crippen LogP contribution < -0.4 is 14.4 Å². The molecule has 2 amide bonds. The Kier molecular flexibility index (Phi) is 8.14. The average Bonchev–Trinajstić information content (AvgIpc) is 2.80. The summed E-state index contributed by atoms with van der Waals surface area (Å²) < 4.78 is 22.3. The van der Waals surface area contributed by atoms with Crippen molar-refractivity contribution in [2.45, 2.75) is 65.3 Å². The van der Waals surface area contributed by atoms with Crippen LogP contribution in [0.1, 0.15) is 58.2 Å². The van der Waals surface area contributed by atoms with Gasteiger partial charge < -0.3 is 18.9 Å². The molecule has 0 saturated heterocycles. The molecule has 0 saturated carbocycles. The van der Waals surface area contributed by atoms with Gasteiger partial charge in [-0.15, -0.1) is 0 Å². The summed E-state index contributed by atoms with van der Waals surface area (Å²) in [5, 5.41) is 0. The number of amides is 2. The minimum atomic E-state index is -0.658. The smallest absolute Gasteiger partial charge is 0.415 e. The molecule has 1 heterocycles. The van der Waals surface area contributed by atoms with Gasteiger partial charge in [-0.2, -0.15) is 0 Å². The topological polar surface area (TPSA) is 77.5 Å². The molecule has 1 aliphatic rings. The number of hydrogen-bond acceptors (Lipinski definition) is 6. The second-order valence-corrected chi connectivity index (χ2v) is 9.53. The zero-order chi connectivity index (χ0) is 25.8. The van der Waals surface area contributed by atoms with Crippen LogP contribution in [0.15, 0.2) is 42.5 Å². The normalized spacial score (nSPS) is 17.3. The summed E-state index contributed by atoms with van der Waals surface area (Å²) in [6.07, 6.45) is -0.379. The molecule has 0 fully saturated rings. The molecule has 2 aromatic carbocycles. The Morgan fingerprint density at radius 3 is 2.26 bits per heavy atom. The molecule has 0 aromatic heterocycles. The minimum Gasteiger partial charge on any atom is -0.493 e. The summed E-state index contributed by atoms with van der Waals surface area (Å²) in [4.78, 5) is 29.8. The lowest BCUT2D eigenvalue weighted by molar-refractivity contribution is 0.0542. The fourth-order valence-electron chi connectivity index (χ4n) is 4.33. The van der Waals surface area contributed by atoms with E-state index in [2.05, 4.69) is 0 Å². The van der Waals surface area contributed by atoms with E-state index in [4.69, 9.17) is 18.9 Å². The van der Waals surface area contributed by atoms with E-state index >= 15 is 0 Å². The van der Waals surface area contributed by atoms with Crippen LogP contribution in [-0.4, -0.2) is 49.6 Å². The van der Waals surface area contributed by atoms with E-state index in [0.717, 1.165) is 11.1 Å². The molecular weight excluding hydrogens is 448 g/mol. The Balaban J connectivity index is 2.14. The number of ether oxygens (including phenoxy) is 4. The highest BCUT2D eigenvalue weighted by molar-refractivity contribution is 5.91. The maximum atomic E-state index is 13.3. The van der Waals surface area contributed by atoms with Crippen LogP contribution in [0.4, 0.5) is 15.3 Å². The van der Waals surface area contributed by atoms with E-state index in [9.17, 15) is 9.59 Å². The number of hydrogen-bond donors (Lipinski definition) is 0. The molecule has 0 unspecified atom stereocenters. The maximum absolute atomic E-state index is 13.3. The van der Waals surface area contributed by atoms with Gasteiger partial charge in [-0.05, 0) is 52.7 Å². The standard InChI is InChI=1S/C27H36N2O6/c1-8-34-25(30)28(17-19-12-10-9-11-13-19)21-14-18(2)29(26(31)35-27(3,4)5)22-16-24(33-7)23(32-6)15-20(21)22/h9-13,15-16,18,21H,8,14,17H2,1-7H3/t18-,21+/m1/s1. The molecule has 0 radical (unpaired) electrons. The van der Waals surface area contributed by atoms with Crippen LogP contribution in [0.5, 0.6) is 11.5 Å². The second kappa shape index (κ2) is 10.9. The van der Waals surface area contributed by atoms with Crippen molar-refractivity contribution in [3.63, 3.8) is 0 Å². The summed E-state index contributed by atoms with van der Waals surface area (Å²) >= 11 is 0. The molecule has 0 spiro atoms. The molecule has 3 rings (SSSR count). The largest absolute Gasteiger partial charge is 0.493 e. The van der Waals surface area contributed by atoms with Crippen LogP contribution >= 0.6 is 0 Å². The highest BCUT2D eigenvalue weighted by Gasteiger charge is 2.41. The van der Waals surface area contributed by atoms with E-state index in [1.165, 1.54) is 0 Å². The van der Waals surface area contributed by atoms with Gasteiger partial charge in [0.1, 0.15) is 5.60 Å². The highest BCUT2D eigenvalue weighted by Crippen LogP contribution is 2.46. The fourth-order valence-corrected chi connectivity index (χ4v) is 4.33. The Morgan fingerprint density at radius 1 is 1.06 bits per heavy atom. The first kappa shape index (κ1) is 26.2. The Labute approximate surface area is 207 Å². The second-order valence-electron chi connectivity index (χ2n) is 9.53. The van der Waals surface area contributed by atoms with Crippen LogP contribution in [0.3, 0.4) is 0 Å². The third kappa shape index (κ3) is 5.99. The molecular formula is C27H36N2O6. The monoisotopic (exact) mass is 484 g/mol. The molecule has 8 heteroatoms. The summed E-state index contributed by atoms with van der Waals surface area (Å²) in [6.45, 7) is 9.85. The van der Waals surface area contributed by atoms with E-state index < -0.39 is 17.8 Å². The third-order valence-electron chi connectivity index (χ3n) is 5.82. The number of anilines is 1. The zero-order valence-corrected chi connectivity index (χ0v) is 21.7. The van der Waals surface area contributed by atoms with Crippen LogP contribution in [-0.2, 0) is 16.0 Å². The number of methoxy groups -OCH3 is 2. The van der Waals surface area contributed by atoms with Gasteiger partial charge in [0.2, 0.25) is 0 Å². The van der Waals surface area contributed by atoms with Gasteiger partial charge in [0, 0.05) is 24.2 Å². The number of carbonyl (C=O) groups is 2. The Hall–Kier alpha value is -3.42. The van der Waals surface area contributed by atoms with Crippen LogP contribution in [0, 0.1) is 0 Å². The zero-order valence-electron chi connectivity index (χ0n) is 21.7. The summed E-state index contributed by atoms with van der Waals surface area (Å²) in [7, 11) is 3.11. The van der Waals surface area contributed by atoms with Crippen molar-refractivity contribution in [1.29, 1.82) is 0 Å². The van der Waals surface area contributed by atoms with Gasteiger partial charge >= 0.3 is 12.2 Å². The lowest BCUT2D eigenvalue weighted by Crippen LogP contribution is -2.49. The van der Waals surface area contributed by atoms with Crippen molar-refractivity contribution in [3.05, 3.63) is 53.6 Å². The lowest BCUT2D eigenvalue weighted by atomic mass is 9.90. The predicted octanol–water partition coefficient (Wildman–Crippen LogP) is 5.94. The molecule has 8 nitrogen and oxygen atoms in total. The van der Waals surface area contributed by atoms with Gasteiger partial charge in [-0.25, -0.2) is 9.59 Å². The summed E-state index contributed by atoms with van der Waals surface area (Å²) in [5.74, 6) is 0.997. The molecule has 190 valence electrons. The van der Waals surface area contributed by atoms with Crippen molar-refractivity contribution in [2.75, 3.05) is 25.7 Å². The number of benzene rings is 2. The first-order valence-corrected chi connectivity index (χ1v) is 11.8. The van der Waals surface area contributed by atoms with Gasteiger partial charge in [-0.1, -0.05) is 30.3 Å². The number of nitrogens with zero attached hydrogens (tertiary/aromatic N) is 2. The lowest BCUT2D eigenvalue weighted by Gasteiger charge is -2.43. The van der Waals surface area contributed by atoms with Gasteiger partial charge in [0.05, 0.1) is 32.6 Å². The number of carbonyl (C=O) groups excluding carboxylic acids is 2. The van der Waals surface area contributed by atoms with Crippen LogP contribution in [0.2, 0.25) is 0 Å². The maximum Gasteiger partial charge on any atom is 0.415 e. The Bertz CT molecular complexity index is 1030. The summed E-state index contributed by atoms with van der Waals surface area (Å²) in [5.41, 5.74) is 1.69. The molecule has 0 N–H and O–H groups in total. The van der Waals surface area contributed by atoms with Gasteiger partial charge in [-0.3, -0.25) is 9.80 Å². The fraction of sp³-hybridized carbons (Fsp3) is 0.481. The van der Waals surface area contributed by atoms with Crippen molar-refractivity contribution in [3.8, 4) is 11.5 Å². The molecule has 2 atom stereocenters. The van der Waals surface area contributed by atoms with E-state index in [-0.39, 0.29) is 18.7 Å². The first-order valence-electron chi connectivity index (χ1n) is 11.8. The quantitative estimate of drug-likeness (QED) is 0.505. The van der Waals surface area contributed by atoms with Gasteiger partial charge in [0.25, 0.3) is 0 Å². The van der Waals surface area contributed by atoms with E-state index in [1.807, 2.05) is 64.1 Å². The first-order chi connectivity index (χ1) is 16.6. The Morgan fingerprint density at radius 2 is 1.69 bits per heavy atom. The molecule has 2 aromatic rings. The highest BCUT2D eigenvalue weighted by atomic mass is 16.6. The predicted molar refractivity (Wildman–Crippen MR) is 134 cm³/mol. The average molecular weight is 485 g/mol. The number of fused-ring (bicyclic) bond motifs is 1. The van der Waals surface area contributed by atoms with Crippen molar-refractivity contribution >= 4 is 17.9 Å². The van der Waals surface area contributed by atoms with Crippen molar-refractivity contribution in [2.24, 2.45) is 0 Å². The minimum absolute atomic E-state index is 0.256. The third-order valence-corrected chi connectivity index (χ3v) is 5.82. The van der Waals surface area contributed by atoms with Crippen molar-refractivity contribution in [1.82, 2.24) is 4.90 Å². The van der Waals surface area contributed by atoms with E-state index in [0.29, 0.717) is 30.2 Å². The molecule has 35 heavy (non-hydrogen) atoms. The van der Waals surface area contributed by atoms with E-state index in [1.54, 1.807) is 37.0 Å². The SMILES string of the molecule is CCOC(=O)N(Cc1ccccc1)[C@H]1C[C@@H](C)N(C(=O)OC(C)(C)C)c2cc(OC)c(OC)cc21. The summed E-state index contributed by atoms with van der Waals surface area (Å²) in [6, 6.07) is 12.7. The molecule has 1 aliphatic heterocycles. The number of rotatable bonds is 6. The molecule has 0 bridgehead atoms. The van der Waals surface area contributed by atoms with Gasteiger partial charge in [0.15, 0.2) is 11.5 Å². The molecule has 0 aliphatic carbocycles. The van der Waals surface area contributed by atoms with Crippen LogP contribution in [0.25, 0.3) is 0 Å².